The number of H-pyrrole nitrogens is 1. The smallest absolute Gasteiger partial charge is 0.326 e. The predicted molar refractivity (Wildman–Crippen MR) is 145 cm³/mol. The van der Waals surface area contributed by atoms with Crippen molar-refractivity contribution in [3.05, 3.63) is 36.0 Å². The van der Waals surface area contributed by atoms with E-state index in [0.29, 0.717) is 6.42 Å². The summed E-state index contributed by atoms with van der Waals surface area (Å²) in [6.45, 7) is 6.82. The Labute approximate surface area is 227 Å². The molecule has 1 aromatic carbocycles. The molecule has 0 radical (unpaired) electrons. The lowest BCUT2D eigenvalue weighted by molar-refractivity contribution is -0.144. The van der Waals surface area contributed by atoms with E-state index in [-0.39, 0.29) is 18.8 Å². The Morgan fingerprint density at radius 2 is 1.56 bits per heavy atom. The zero-order valence-electron chi connectivity index (χ0n) is 22.7. The number of benzene rings is 1. The molecule has 1 aromatic heterocycles. The number of aromatic amines is 1. The number of nitrogens with two attached hydrogens (primary N) is 1. The van der Waals surface area contributed by atoms with Gasteiger partial charge in [-0.25, -0.2) is 4.79 Å². The van der Waals surface area contributed by atoms with Crippen LogP contribution in [0.5, 0.6) is 0 Å². The Kier molecular flexibility index (Phi) is 11.5. The van der Waals surface area contributed by atoms with Gasteiger partial charge in [0.05, 0.1) is 6.04 Å². The van der Waals surface area contributed by atoms with Crippen LogP contribution in [0.4, 0.5) is 0 Å². The molecule has 39 heavy (non-hydrogen) atoms. The molecule has 12 heteroatoms. The van der Waals surface area contributed by atoms with Gasteiger partial charge >= 0.3 is 11.9 Å². The molecule has 0 saturated heterocycles. The van der Waals surface area contributed by atoms with E-state index >= 15 is 0 Å². The highest BCUT2D eigenvalue weighted by Crippen LogP contribution is 2.19. The van der Waals surface area contributed by atoms with Gasteiger partial charge in [0.2, 0.25) is 17.7 Å². The lowest BCUT2D eigenvalue weighted by Gasteiger charge is -2.28. The summed E-state index contributed by atoms with van der Waals surface area (Å²) < 4.78 is 0. The van der Waals surface area contributed by atoms with Crippen molar-refractivity contribution >= 4 is 40.6 Å². The van der Waals surface area contributed by atoms with Gasteiger partial charge in [0, 0.05) is 23.5 Å². The summed E-state index contributed by atoms with van der Waals surface area (Å²) in [6.07, 6.45) is 1.77. The number of aromatic nitrogens is 1. The van der Waals surface area contributed by atoms with Gasteiger partial charge in [-0.3, -0.25) is 19.2 Å². The molecule has 1 heterocycles. The maximum atomic E-state index is 13.2. The Morgan fingerprint density at radius 3 is 2.15 bits per heavy atom. The number of carbonyl (C=O) groups excluding carboxylic acids is 3. The van der Waals surface area contributed by atoms with E-state index < -0.39 is 66.2 Å². The van der Waals surface area contributed by atoms with E-state index in [0.717, 1.165) is 16.5 Å². The van der Waals surface area contributed by atoms with Gasteiger partial charge < -0.3 is 36.9 Å². The number of hydrogen-bond acceptors (Lipinski definition) is 6. The van der Waals surface area contributed by atoms with Crippen molar-refractivity contribution in [2.45, 2.75) is 77.5 Å². The molecule has 3 amide bonds. The first-order valence-corrected chi connectivity index (χ1v) is 13.0. The number of carboxylic acid groups (broad SMARTS) is 2. The summed E-state index contributed by atoms with van der Waals surface area (Å²) in [7, 11) is 0. The highest BCUT2D eigenvalue weighted by atomic mass is 16.4. The maximum absolute atomic E-state index is 13.2. The third-order valence-corrected chi connectivity index (χ3v) is 6.76. The van der Waals surface area contributed by atoms with Crippen LogP contribution in [0.1, 0.15) is 52.5 Å². The SMILES string of the molecule is CCC(C)C(NC(=O)C(CCC(=O)O)NC(=O)C(N)Cc1c[nH]c2ccccc12)C(=O)NC(C(=O)O)C(C)C. The van der Waals surface area contributed by atoms with Crippen LogP contribution in [0.15, 0.2) is 30.5 Å². The van der Waals surface area contributed by atoms with Crippen LogP contribution in [-0.4, -0.2) is 69.0 Å². The number of fused-ring (bicyclic) bond motifs is 1. The molecular formula is C27H39N5O7. The molecule has 214 valence electrons. The van der Waals surface area contributed by atoms with Gasteiger partial charge in [-0.15, -0.1) is 0 Å². The van der Waals surface area contributed by atoms with Crippen LogP contribution in [0.2, 0.25) is 0 Å². The molecule has 0 aliphatic carbocycles. The van der Waals surface area contributed by atoms with Crippen LogP contribution in [-0.2, 0) is 30.4 Å². The average Bonchev–Trinajstić information content (AvgIpc) is 3.29. The first-order chi connectivity index (χ1) is 18.3. The number of carbonyl (C=O) groups is 5. The van der Waals surface area contributed by atoms with Crippen LogP contribution in [0, 0.1) is 11.8 Å². The molecule has 0 spiro atoms. The first-order valence-electron chi connectivity index (χ1n) is 13.0. The number of amides is 3. The lowest BCUT2D eigenvalue weighted by Crippen LogP contribution is -2.59. The topological polar surface area (TPSA) is 204 Å². The Morgan fingerprint density at radius 1 is 0.923 bits per heavy atom. The van der Waals surface area contributed by atoms with E-state index in [9.17, 15) is 29.1 Å². The molecule has 0 fully saturated rings. The van der Waals surface area contributed by atoms with E-state index in [2.05, 4.69) is 20.9 Å². The van der Waals surface area contributed by atoms with Crippen LogP contribution in [0.25, 0.3) is 10.9 Å². The molecule has 12 nitrogen and oxygen atoms in total. The number of carboxylic acids is 2. The average molecular weight is 546 g/mol. The van der Waals surface area contributed by atoms with E-state index in [1.807, 2.05) is 31.2 Å². The number of rotatable bonds is 15. The molecule has 0 aliphatic rings. The Bertz CT molecular complexity index is 1180. The van der Waals surface area contributed by atoms with Gasteiger partial charge in [0.25, 0.3) is 0 Å². The summed E-state index contributed by atoms with van der Waals surface area (Å²) >= 11 is 0. The van der Waals surface area contributed by atoms with Crippen molar-refractivity contribution in [3.8, 4) is 0 Å². The van der Waals surface area contributed by atoms with Gasteiger partial charge in [-0.1, -0.05) is 52.3 Å². The molecule has 8 N–H and O–H groups in total. The number of aliphatic carboxylic acids is 2. The van der Waals surface area contributed by atoms with Crippen molar-refractivity contribution < 1.29 is 34.2 Å². The number of hydrogen-bond donors (Lipinski definition) is 7. The fourth-order valence-electron chi connectivity index (χ4n) is 4.16. The van der Waals surface area contributed by atoms with Crippen LogP contribution in [0.3, 0.4) is 0 Å². The predicted octanol–water partition coefficient (Wildman–Crippen LogP) is 1.14. The summed E-state index contributed by atoms with van der Waals surface area (Å²) in [6, 6.07) is 2.95. The normalized spacial score (nSPS) is 15.1. The quantitative estimate of drug-likeness (QED) is 0.172. The minimum absolute atomic E-state index is 0.173. The fraction of sp³-hybridized carbons (Fsp3) is 0.519. The molecule has 2 aromatic rings. The highest BCUT2D eigenvalue weighted by molar-refractivity contribution is 5.94. The summed E-state index contributed by atoms with van der Waals surface area (Å²) in [4.78, 5) is 65.1. The largest absolute Gasteiger partial charge is 0.481 e. The minimum Gasteiger partial charge on any atom is -0.481 e. The van der Waals surface area contributed by atoms with Crippen molar-refractivity contribution in [1.82, 2.24) is 20.9 Å². The number of nitrogens with one attached hydrogen (secondary N) is 4. The summed E-state index contributed by atoms with van der Waals surface area (Å²) in [5.74, 6) is -5.25. The zero-order chi connectivity index (χ0) is 29.3. The molecule has 0 bridgehead atoms. The van der Waals surface area contributed by atoms with Gasteiger partial charge in [0.15, 0.2) is 0 Å². The fourth-order valence-corrected chi connectivity index (χ4v) is 4.16. The maximum Gasteiger partial charge on any atom is 0.326 e. The van der Waals surface area contributed by atoms with Crippen LogP contribution < -0.4 is 21.7 Å². The Balaban J connectivity index is 2.17. The van der Waals surface area contributed by atoms with Crippen molar-refractivity contribution in [1.29, 1.82) is 0 Å². The second-order valence-corrected chi connectivity index (χ2v) is 10.1. The standard InChI is InChI=1S/C27H39N5O7/c1-5-15(4)23(26(37)31-22(14(2)3)27(38)39)32-25(36)20(10-11-21(33)34)30-24(35)18(28)12-16-13-29-19-9-7-6-8-17(16)19/h6-9,13-15,18,20,22-23,29H,5,10-12,28H2,1-4H3,(H,30,35)(H,31,37)(H,32,36)(H,33,34)(H,38,39). The zero-order valence-corrected chi connectivity index (χ0v) is 22.7. The third-order valence-electron chi connectivity index (χ3n) is 6.76. The second-order valence-electron chi connectivity index (χ2n) is 10.1. The van der Waals surface area contributed by atoms with Gasteiger partial charge in [-0.05, 0) is 36.3 Å². The Hall–Kier alpha value is -3.93. The molecule has 0 saturated carbocycles. The molecule has 0 aliphatic heterocycles. The summed E-state index contributed by atoms with van der Waals surface area (Å²) in [5, 5.41) is 27.1. The van der Waals surface area contributed by atoms with E-state index in [1.165, 1.54) is 0 Å². The second kappa shape index (κ2) is 14.3. The first kappa shape index (κ1) is 31.3. The summed E-state index contributed by atoms with van der Waals surface area (Å²) in [5.41, 5.74) is 7.84. The molecule has 5 atom stereocenters. The van der Waals surface area contributed by atoms with Gasteiger partial charge in [-0.2, -0.15) is 0 Å². The van der Waals surface area contributed by atoms with Gasteiger partial charge in [0.1, 0.15) is 18.1 Å². The highest BCUT2D eigenvalue weighted by Gasteiger charge is 2.33. The molecular weight excluding hydrogens is 506 g/mol. The monoisotopic (exact) mass is 545 g/mol. The third kappa shape index (κ3) is 8.81. The van der Waals surface area contributed by atoms with Crippen molar-refractivity contribution in [3.63, 3.8) is 0 Å². The van der Waals surface area contributed by atoms with Crippen molar-refractivity contribution in [2.24, 2.45) is 17.6 Å². The lowest BCUT2D eigenvalue weighted by atomic mass is 9.96. The van der Waals surface area contributed by atoms with Crippen molar-refractivity contribution in [2.75, 3.05) is 0 Å². The number of para-hydroxylation sites is 1. The van der Waals surface area contributed by atoms with E-state index in [4.69, 9.17) is 10.8 Å². The van der Waals surface area contributed by atoms with Crippen LogP contribution >= 0.6 is 0 Å². The van der Waals surface area contributed by atoms with E-state index in [1.54, 1.807) is 27.0 Å². The molecule has 2 rings (SSSR count). The minimum atomic E-state index is -1.28. The molecule has 5 unspecified atom stereocenters.